The molecule has 2 aromatic rings. The van der Waals surface area contributed by atoms with E-state index in [2.05, 4.69) is 9.88 Å². The lowest BCUT2D eigenvalue weighted by molar-refractivity contribution is -0.146. The van der Waals surface area contributed by atoms with Crippen molar-refractivity contribution in [3.05, 3.63) is 36.0 Å². The number of methoxy groups -OCH3 is 1. The molecule has 2 heterocycles. The van der Waals surface area contributed by atoms with Crippen molar-refractivity contribution in [1.29, 1.82) is 0 Å². The van der Waals surface area contributed by atoms with Crippen LogP contribution in [0.1, 0.15) is 50.2 Å². The third-order valence-electron chi connectivity index (χ3n) is 7.05. The summed E-state index contributed by atoms with van der Waals surface area (Å²) in [6.07, 6.45) is 7.11. The Labute approximate surface area is 177 Å². The fourth-order valence-corrected chi connectivity index (χ4v) is 4.99. The third-order valence-corrected chi connectivity index (χ3v) is 7.05. The van der Waals surface area contributed by atoms with Gasteiger partial charge in [0.15, 0.2) is 0 Å². The number of ether oxygens (including phenoxy) is 1. The molecule has 2 N–H and O–H groups in total. The van der Waals surface area contributed by atoms with Crippen LogP contribution in [0.15, 0.2) is 30.5 Å². The molecule has 3 atom stereocenters. The second-order valence-electron chi connectivity index (χ2n) is 8.93. The lowest BCUT2D eigenvalue weighted by atomic mass is 9.79. The third kappa shape index (κ3) is 4.60. The van der Waals surface area contributed by atoms with Crippen LogP contribution in [-0.2, 0) is 4.79 Å². The normalized spacial score (nSPS) is 23.8. The molecule has 162 valence electrons. The maximum Gasteiger partial charge on any atom is 0.308 e. The molecular weight excluding hydrogens is 380 g/mol. The van der Waals surface area contributed by atoms with Crippen LogP contribution >= 0.6 is 0 Å². The minimum absolute atomic E-state index is 0.109. The molecule has 0 radical (unpaired) electrons. The molecule has 1 saturated heterocycles. The van der Waals surface area contributed by atoms with Crippen molar-refractivity contribution in [2.45, 2.75) is 44.6 Å². The maximum atomic E-state index is 11.9. The molecule has 1 aliphatic heterocycles. The molecule has 2 aliphatic rings. The highest BCUT2D eigenvalue weighted by molar-refractivity contribution is 5.83. The minimum atomic E-state index is -0.702. The van der Waals surface area contributed by atoms with E-state index >= 15 is 0 Å². The molecule has 6 nitrogen and oxygen atoms in total. The predicted octanol–water partition coefficient (Wildman–Crippen LogP) is 3.88. The maximum absolute atomic E-state index is 11.9. The van der Waals surface area contributed by atoms with Gasteiger partial charge in [-0.3, -0.25) is 9.78 Å². The standard InChI is InChI=1S/C24H32N2O4/c1-30-18-6-7-22-20(13-18)19(9-11-25-22)23(27)8-5-17-10-12-26(14-16-3-2-4-16)15-21(17)24(28)29/h6-7,9,11,13,16-17,21,23,27H,2-5,8,10,12,14-15H2,1H3,(H,28,29)/t17-,21+,23?/m1/s1. The number of aliphatic hydroxyl groups excluding tert-OH is 1. The first kappa shape index (κ1) is 21.1. The van der Waals surface area contributed by atoms with Crippen LogP contribution in [0.25, 0.3) is 10.9 Å². The van der Waals surface area contributed by atoms with Gasteiger partial charge in [0.1, 0.15) is 5.75 Å². The number of benzene rings is 1. The quantitative estimate of drug-likeness (QED) is 0.685. The van der Waals surface area contributed by atoms with E-state index in [0.29, 0.717) is 19.4 Å². The average molecular weight is 413 g/mol. The Hall–Kier alpha value is -2.18. The topological polar surface area (TPSA) is 82.9 Å². The molecule has 1 saturated carbocycles. The van der Waals surface area contributed by atoms with Crippen molar-refractivity contribution in [3.8, 4) is 5.75 Å². The van der Waals surface area contributed by atoms with Gasteiger partial charge in [0.05, 0.1) is 24.6 Å². The number of rotatable bonds is 8. The summed E-state index contributed by atoms with van der Waals surface area (Å²) in [5.74, 6) is 0.549. The second kappa shape index (κ2) is 9.31. The Morgan fingerprint density at radius 1 is 1.30 bits per heavy atom. The summed E-state index contributed by atoms with van der Waals surface area (Å²) in [5.41, 5.74) is 1.65. The second-order valence-corrected chi connectivity index (χ2v) is 8.93. The number of nitrogens with zero attached hydrogens (tertiary/aromatic N) is 2. The Morgan fingerprint density at radius 2 is 2.13 bits per heavy atom. The molecule has 30 heavy (non-hydrogen) atoms. The Kier molecular flexibility index (Phi) is 6.54. The van der Waals surface area contributed by atoms with Gasteiger partial charge in [-0.1, -0.05) is 6.42 Å². The molecule has 2 fully saturated rings. The van der Waals surface area contributed by atoms with Crippen LogP contribution in [0.4, 0.5) is 0 Å². The summed E-state index contributed by atoms with van der Waals surface area (Å²) < 4.78 is 5.32. The highest BCUT2D eigenvalue weighted by Crippen LogP contribution is 2.35. The van der Waals surface area contributed by atoms with Crippen molar-refractivity contribution >= 4 is 16.9 Å². The first-order valence-electron chi connectivity index (χ1n) is 11.1. The Balaban J connectivity index is 1.41. The van der Waals surface area contributed by atoms with Crippen molar-refractivity contribution in [2.24, 2.45) is 17.8 Å². The zero-order valence-corrected chi connectivity index (χ0v) is 17.7. The van der Waals surface area contributed by atoms with Gasteiger partial charge in [-0.05, 0) is 80.3 Å². The summed E-state index contributed by atoms with van der Waals surface area (Å²) in [4.78, 5) is 18.7. The lowest BCUT2D eigenvalue weighted by Gasteiger charge is -2.40. The summed E-state index contributed by atoms with van der Waals surface area (Å²) in [5, 5.41) is 21.6. The molecule has 4 rings (SSSR count). The van der Waals surface area contributed by atoms with E-state index in [1.807, 2.05) is 24.3 Å². The summed E-state index contributed by atoms with van der Waals surface area (Å²) in [6, 6.07) is 7.51. The van der Waals surface area contributed by atoms with E-state index in [4.69, 9.17) is 4.74 Å². The van der Waals surface area contributed by atoms with Gasteiger partial charge in [-0.15, -0.1) is 0 Å². The van der Waals surface area contributed by atoms with E-state index in [-0.39, 0.29) is 11.8 Å². The molecule has 1 aliphatic carbocycles. The van der Waals surface area contributed by atoms with Gasteiger partial charge < -0.3 is 19.8 Å². The predicted molar refractivity (Wildman–Crippen MR) is 116 cm³/mol. The lowest BCUT2D eigenvalue weighted by Crippen LogP contribution is -2.46. The zero-order valence-electron chi connectivity index (χ0n) is 17.7. The fourth-order valence-electron chi connectivity index (χ4n) is 4.99. The van der Waals surface area contributed by atoms with Crippen molar-refractivity contribution in [3.63, 3.8) is 0 Å². The van der Waals surface area contributed by atoms with Gasteiger partial charge in [0.2, 0.25) is 0 Å². The number of fused-ring (bicyclic) bond motifs is 1. The monoisotopic (exact) mass is 412 g/mol. The summed E-state index contributed by atoms with van der Waals surface area (Å²) in [6.45, 7) is 2.66. The first-order valence-corrected chi connectivity index (χ1v) is 11.1. The summed E-state index contributed by atoms with van der Waals surface area (Å²) >= 11 is 0. The number of carboxylic acids is 1. The number of aromatic nitrogens is 1. The molecule has 1 aromatic heterocycles. The minimum Gasteiger partial charge on any atom is -0.497 e. The molecule has 0 amide bonds. The Morgan fingerprint density at radius 3 is 2.83 bits per heavy atom. The van der Waals surface area contributed by atoms with Crippen LogP contribution in [0.5, 0.6) is 5.75 Å². The number of likely N-dealkylation sites (tertiary alicyclic amines) is 1. The number of pyridine rings is 1. The fraction of sp³-hybridized carbons (Fsp3) is 0.583. The molecule has 0 spiro atoms. The van der Waals surface area contributed by atoms with Crippen LogP contribution in [-0.4, -0.2) is 52.8 Å². The van der Waals surface area contributed by atoms with Gasteiger partial charge in [-0.2, -0.15) is 0 Å². The van der Waals surface area contributed by atoms with Gasteiger partial charge >= 0.3 is 5.97 Å². The highest BCUT2D eigenvalue weighted by atomic mass is 16.5. The number of carboxylic acid groups (broad SMARTS) is 1. The number of hydrogen-bond acceptors (Lipinski definition) is 5. The van der Waals surface area contributed by atoms with Crippen LogP contribution in [0.3, 0.4) is 0 Å². The van der Waals surface area contributed by atoms with Crippen LogP contribution in [0, 0.1) is 17.8 Å². The molecule has 0 bridgehead atoms. The number of carbonyl (C=O) groups is 1. The number of aliphatic carboxylic acids is 1. The molecule has 1 aromatic carbocycles. The van der Waals surface area contributed by atoms with Crippen LogP contribution < -0.4 is 4.74 Å². The highest BCUT2D eigenvalue weighted by Gasteiger charge is 2.35. The van der Waals surface area contributed by atoms with Gasteiger partial charge in [0, 0.05) is 24.7 Å². The molecule has 6 heteroatoms. The van der Waals surface area contributed by atoms with Crippen molar-refractivity contribution in [1.82, 2.24) is 9.88 Å². The van der Waals surface area contributed by atoms with Crippen molar-refractivity contribution in [2.75, 3.05) is 26.7 Å². The Bertz CT molecular complexity index is 883. The number of piperidine rings is 1. The number of aliphatic hydroxyl groups is 1. The van der Waals surface area contributed by atoms with E-state index in [1.54, 1.807) is 13.3 Å². The van der Waals surface area contributed by atoms with Crippen LogP contribution in [0.2, 0.25) is 0 Å². The van der Waals surface area contributed by atoms with Gasteiger partial charge in [-0.25, -0.2) is 0 Å². The molecule has 1 unspecified atom stereocenters. The van der Waals surface area contributed by atoms with E-state index < -0.39 is 12.1 Å². The molecular formula is C24H32N2O4. The van der Waals surface area contributed by atoms with E-state index in [9.17, 15) is 15.0 Å². The van der Waals surface area contributed by atoms with Gasteiger partial charge in [0.25, 0.3) is 0 Å². The van der Waals surface area contributed by atoms with E-state index in [1.165, 1.54) is 19.3 Å². The summed E-state index contributed by atoms with van der Waals surface area (Å²) in [7, 11) is 1.62. The van der Waals surface area contributed by atoms with Crippen molar-refractivity contribution < 1.29 is 19.7 Å². The average Bonchev–Trinajstić information content (AvgIpc) is 2.74. The first-order chi connectivity index (χ1) is 14.5. The largest absolute Gasteiger partial charge is 0.497 e. The zero-order chi connectivity index (χ0) is 21.1. The SMILES string of the molecule is COc1ccc2nccc(C(O)CC[C@@H]3CCN(CC4CCC4)C[C@@H]3C(=O)O)c2c1. The van der Waals surface area contributed by atoms with E-state index in [0.717, 1.165) is 47.6 Å². The smallest absolute Gasteiger partial charge is 0.308 e. The number of hydrogen-bond donors (Lipinski definition) is 2.